The van der Waals surface area contributed by atoms with E-state index in [2.05, 4.69) is 10.3 Å². The van der Waals surface area contributed by atoms with Crippen LogP contribution in [0.5, 0.6) is 11.5 Å². The molecular weight excluding hydrogens is 340 g/mol. The van der Waals surface area contributed by atoms with Gasteiger partial charge in [0.05, 0.1) is 11.8 Å². The summed E-state index contributed by atoms with van der Waals surface area (Å²) in [6, 6.07) is 8.31. The molecule has 1 aromatic heterocycles. The maximum atomic E-state index is 12.6. The molecule has 0 bridgehead atoms. The van der Waals surface area contributed by atoms with E-state index in [1.807, 2.05) is 13.0 Å². The molecule has 0 unspecified atom stereocenters. The molecule has 0 spiro atoms. The van der Waals surface area contributed by atoms with Gasteiger partial charge in [-0.3, -0.25) is 14.6 Å². The lowest BCUT2D eigenvalue weighted by atomic mass is 10.1. The van der Waals surface area contributed by atoms with Crippen molar-refractivity contribution in [3.8, 4) is 11.5 Å². The molecule has 0 radical (unpaired) electrons. The van der Waals surface area contributed by atoms with Gasteiger partial charge in [-0.05, 0) is 37.3 Å². The normalized spacial score (nSPS) is 13.4. The summed E-state index contributed by atoms with van der Waals surface area (Å²) >= 11 is 6.03. The van der Waals surface area contributed by atoms with Crippen molar-refractivity contribution in [1.82, 2.24) is 10.3 Å². The Morgan fingerprint density at radius 3 is 2.84 bits per heavy atom. The van der Waals surface area contributed by atoms with Crippen LogP contribution in [-0.4, -0.2) is 16.7 Å². The van der Waals surface area contributed by atoms with Crippen LogP contribution in [0.1, 0.15) is 22.5 Å². The number of aromatic nitrogens is 1. The molecule has 1 N–H and O–H groups in total. The lowest BCUT2D eigenvalue weighted by Crippen LogP contribution is -2.24. The molecule has 25 heavy (non-hydrogen) atoms. The number of amides is 1. The molecule has 1 aliphatic carbocycles. The van der Waals surface area contributed by atoms with E-state index in [-0.39, 0.29) is 5.78 Å². The Labute approximate surface area is 150 Å². The molecule has 0 fully saturated rings. The number of nitrogens with one attached hydrogen (secondary N) is 1. The maximum Gasteiger partial charge on any atom is 0.259 e. The summed E-state index contributed by atoms with van der Waals surface area (Å²) in [5.41, 5.74) is 1.61. The number of benzene rings is 1. The highest BCUT2D eigenvalue weighted by molar-refractivity contribution is 6.30. The zero-order chi connectivity index (χ0) is 17.8. The average Bonchev–Trinajstić information content (AvgIpc) is 2.57. The molecule has 0 aliphatic heterocycles. The Balaban J connectivity index is 1.85. The van der Waals surface area contributed by atoms with E-state index in [9.17, 15) is 9.59 Å². The lowest BCUT2D eigenvalue weighted by molar-refractivity contribution is -0.113. The Morgan fingerprint density at radius 1 is 1.28 bits per heavy atom. The van der Waals surface area contributed by atoms with E-state index in [0.717, 1.165) is 5.69 Å². The molecule has 1 heterocycles. The summed E-state index contributed by atoms with van der Waals surface area (Å²) in [4.78, 5) is 28.2. The van der Waals surface area contributed by atoms with Crippen molar-refractivity contribution in [3.05, 3.63) is 76.7 Å². The highest BCUT2D eigenvalue weighted by atomic mass is 35.5. The van der Waals surface area contributed by atoms with Gasteiger partial charge < -0.3 is 10.1 Å². The van der Waals surface area contributed by atoms with Gasteiger partial charge in [-0.15, -0.1) is 0 Å². The summed E-state index contributed by atoms with van der Waals surface area (Å²) in [6.07, 6.45) is 6.71. The number of ether oxygens (including phenoxy) is 1. The van der Waals surface area contributed by atoms with Crippen LogP contribution in [0.3, 0.4) is 0 Å². The van der Waals surface area contributed by atoms with Gasteiger partial charge in [0.2, 0.25) is 0 Å². The van der Waals surface area contributed by atoms with Crippen molar-refractivity contribution in [2.75, 3.05) is 0 Å². The van der Waals surface area contributed by atoms with Crippen LogP contribution in [0.25, 0.3) is 0 Å². The first-order valence-electron chi connectivity index (χ1n) is 7.64. The Bertz CT molecular complexity index is 886. The number of ketones is 1. The van der Waals surface area contributed by atoms with Gasteiger partial charge in [-0.1, -0.05) is 17.7 Å². The second-order valence-corrected chi connectivity index (χ2v) is 5.94. The van der Waals surface area contributed by atoms with Gasteiger partial charge in [0.25, 0.3) is 5.91 Å². The first-order valence-corrected chi connectivity index (χ1v) is 8.01. The Kier molecular flexibility index (Phi) is 4.95. The van der Waals surface area contributed by atoms with Crippen molar-refractivity contribution in [1.29, 1.82) is 0 Å². The van der Waals surface area contributed by atoms with Crippen LogP contribution in [0.4, 0.5) is 0 Å². The molecule has 0 saturated carbocycles. The highest BCUT2D eigenvalue weighted by Crippen LogP contribution is 2.28. The second-order valence-electron chi connectivity index (χ2n) is 5.50. The molecule has 1 aliphatic rings. The van der Waals surface area contributed by atoms with Crippen molar-refractivity contribution in [2.24, 2.45) is 0 Å². The number of hydrogen-bond acceptors (Lipinski definition) is 4. The predicted octanol–water partition coefficient (Wildman–Crippen LogP) is 3.98. The van der Waals surface area contributed by atoms with E-state index in [1.54, 1.807) is 42.6 Å². The zero-order valence-electron chi connectivity index (χ0n) is 13.5. The summed E-state index contributed by atoms with van der Waals surface area (Å²) < 4.78 is 5.76. The molecule has 3 rings (SSSR count). The molecule has 0 saturated heterocycles. The summed E-state index contributed by atoms with van der Waals surface area (Å²) in [7, 11) is 0. The standard InChI is InChI=1S/C19H15ClN2O3/c1-12-5-7-16(11-21-12)25-18-9-13(20)6-8-17(18)19(24)22-14-3-2-4-15(23)10-14/h2-3,5-11H,4H2,1H3,(H,22,24). The number of hydrogen-bond donors (Lipinski definition) is 1. The Morgan fingerprint density at radius 2 is 2.12 bits per heavy atom. The minimum absolute atomic E-state index is 0.0592. The number of carbonyl (C=O) groups excluding carboxylic acids is 2. The summed E-state index contributed by atoms with van der Waals surface area (Å²) in [5, 5.41) is 3.14. The molecule has 6 heteroatoms. The fourth-order valence-electron chi connectivity index (χ4n) is 2.27. The Hall–Kier alpha value is -2.92. The first-order chi connectivity index (χ1) is 12.0. The highest BCUT2D eigenvalue weighted by Gasteiger charge is 2.16. The summed E-state index contributed by atoms with van der Waals surface area (Å²) in [6.45, 7) is 1.87. The molecular formula is C19H15ClN2O3. The van der Waals surface area contributed by atoms with Crippen LogP contribution >= 0.6 is 11.6 Å². The van der Waals surface area contributed by atoms with E-state index in [0.29, 0.717) is 34.2 Å². The predicted molar refractivity (Wildman–Crippen MR) is 94.8 cm³/mol. The SMILES string of the molecule is Cc1ccc(Oc2cc(Cl)ccc2C(=O)NC2=CC(=O)CC=C2)cn1. The van der Waals surface area contributed by atoms with Crippen molar-refractivity contribution in [3.63, 3.8) is 0 Å². The summed E-state index contributed by atoms with van der Waals surface area (Å²) in [5.74, 6) is 0.352. The topological polar surface area (TPSA) is 68.3 Å². The molecule has 0 atom stereocenters. The first kappa shape index (κ1) is 16.9. The molecule has 1 amide bonds. The molecule has 126 valence electrons. The molecule has 5 nitrogen and oxygen atoms in total. The van der Waals surface area contributed by atoms with Gasteiger partial charge in [0, 0.05) is 35.0 Å². The third kappa shape index (κ3) is 4.33. The van der Waals surface area contributed by atoms with Gasteiger partial charge in [-0.25, -0.2) is 0 Å². The second kappa shape index (κ2) is 7.32. The number of halogens is 1. The number of carbonyl (C=O) groups is 2. The van der Waals surface area contributed by atoms with Crippen LogP contribution in [0.15, 0.2) is 60.5 Å². The fourth-order valence-corrected chi connectivity index (χ4v) is 2.43. The fraction of sp³-hybridized carbons (Fsp3) is 0.105. The number of rotatable bonds is 4. The van der Waals surface area contributed by atoms with Crippen molar-refractivity contribution in [2.45, 2.75) is 13.3 Å². The van der Waals surface area contributed by atoms with Crippen LogP contribution < -0.4 is 10.1 Å². The van der Waals surface area contributed by atoms with E-state index < -0.39 is 5.91 Å². The third-order valence-corrected chi connectivity index (χ3v) is 3.73. The molecule has 1 aromatic carbocycles. The third-order valence-electron chi connectivity index (χ3n) is 3.49. The number of nitrogens with zero attached hydrogens (tertiary/aromatic N) is 1. The number of pyridine rings is 1. The van der Waals surface area contributed by atoms with Gasteiger partial charge in [-0.2, -0.15) is 0 Å². The quantitative estimate of drug-likeness (QED) is 0.901. The van der Waals surface area contributed by atoms with Crippen molar-refractivity contribution < 1.29 is 14.3 Å². The van der Waals surface area contributed by atoms with Crippen LogP contribution in [0.2, 0.25) is 5.02 Å². The zero-order valence-corrected chi connectivity index (χ0v) is 14.2. The van der Waals surface area contributed by atoms with Gasteiger partial charge >= 0.3 is 0 Å². The minimum atomic E-state index is -0.391. The molecule has 2 aromatic rings. The number of aryl methyl sites for hydroxylation is 1. The van der Waals surface area contributed by atoms with Gasteiger partial charge in [0.15, 0.2) is 5.78 Å². The minimum Gasteiger partial charge on any atom is -0.455 e. The monoisotopic (exact) mass is 354 g/mol. The van der Waals surface area contributed by atoms with Crippen LogP contribution in [0, 0.1) is 6.92 Å². The largest absolute Gasteiger partial charge is 0.455 e. The van der Waals surface area contributed by atoms with E-state index >= 15 is 0 Å². The van der Waals surface area contributed by atoms with Gasteiger partial charge in [0.1, 0.15) is 11.5 Å². The number of allylic oxidation sites excluding steroid dienone is 3. The van der Waals surface area contributed by atoms with E-state index in [4.69, 9.17) is 16.3 Å². The van der Waals surface area contributed by atoms with Crippen molar-refractivity contribution >= 4 is 23.3 Å². The average molecular weight is 355 g/mol. The maximum absolute atomic E-state index is 12.6. The van der Waals surface area contributed by atoms with Crippen LogP contribution in [-0.2, 0) is 4.79 Å². The lowest BCUT2D eigenvalue weighted by Gasteiger charge is -2.13. The smallest absolute Gasteiger partial charge is 0.259 e. The van der Waals surface area contributed by atoms with E-state index in [1.165, 1.54) is 6.08 Å².